The van der Waals surface area contributed by atoms with Crippen LogP contribution in [0.15, 0.2) is 30.3 Å². The van der Waals surface area contributed by atoms with E-state index >= 15 is 0 Å². The number of esters is 1. The van der Waals surface area contributed by atoms with E-state index in [-0.39, 0.29) is 18.1 Å². The zero-order chi connectivity index (χ0) is 12.0. The van der Waals surface area contributed by atoms with E-state index in [2.05, 4.69) is 4.74 Å². The van der Waals surface area contributed by atoms with Gasteiger partial charge in [-0.2, -0.15) is 0 Å². The highest BCUT2D eigenvalue weighted by Gasteiger charge is 2.09. The van der Waals surface area contributed by atoms with Crippen molar-refractivity contribution in [3.63, 3.8) is 0 Å². The molecule has 5 nitrogen and oxygen atoms in total. The molecule has 0 saturated heterocycles. The van der Waals surface area contributed by atoms with Crippen LogP contribution in [0.1, 0.15) is 12.0 Å². The van der Waals surface area contributed by atoms with Crippen molar-refractivity contribution in [3.05, 3.63) is 46.0 Å². The first-order valence-corrected chi connectivity index (χ1v) is 4.62. The summed E-state index contributed by atoms with van der Waals surface area (Å²) in [5.74, 6) is -0.380. The molecule has 0 saturated carbocycles. The van der Waals surface area contributed by atoms with Crippen LogP contribution >= 0.6 is 0 Å². The summed E-state index contributed by atoms with van der Waals surface area (Å²) in [6, 6.07) is 6.32. The van der Waals surface area contributed by atoms with Crippen LogP contribution in [0.5, 0.6) is 0 Å². The third kappa shape index (κ3) is 3.20. The number of methoxy groups -OCH3 is 1. The fourth-order valence-electron chi connectivity index (χ4n) is 1.16. The minimum Gasteiger partial charge on any atom is -0.469 e. The van der Waals surface area contributed by atoms with Crippen LogP contribution in [-0.4, -0.2) is 18.0 Å². The normalized spacial score (nSPS) is 10.3. The number of nitro benzene ring substituents is 1. The lowest BCUT2D eigenvalue weighted by Crippen LogP contribution is -1.96. The number of hydrogen-bond acceptors (Lipinski definition) is 4. The summed E-state index contributed by atoms with van der Waals surface area (Å²) in [6.45, 7) is 0. The van der Waals surface area contributed by atoms with Crippen molar-refractivity contribution in [2.45, 2.75) is 6.42 Å². The molecule has 0 fully saturated rings. The Bertz CT molecular complexity index is 426. The summed E-state index contributed by atoms with van der Waals surface area (Å²) in [4.78, 5) is 21.0. The smallest absolute Gasteiger partial charge is 0.309 e. The van der Waals surface area contributed by atoms with Crippen molar-refractivity contribution in [1.82, 2.24) is 0 Å². The minimum absolute atomic E-state index is 0.0172. The Morgan fingerprint density at radius 1 is 1.50 bits per heavy atom. The Morgan fingerprint density at radius 2 is 2.19 bits per heavy atom. The quantitative estimate of drug-likeness (QED) is 0.444. The standard InChI is InChI=1S/C11H11NO4/c1-16-11(13)8-4-6-9-5-2-3-7-10(9)12(14)15/h2-7H,8H2,1H3/b6-4+. The van der Waals surface area contributed by atoms with Crippen molar-refractivity contribution < 1.29 is 14.5 Å². The van der Waals surface area contributed by atoms with Gasteiger partial charge < -0.3 is 4.74 Å². The molecule has 0 aliphatic carbocycles. The number of para-hydroxylation sites is 1. The van der Waals surface area contributed by atoms with Crippen LogP contribution in [0.25, 0.3) is 6.08 Å². The second kappa shape index (κ2) is 5.65. The summed E-state index contributed by atoms with van der Waals surface area (Å²) in [5, 5.41) is 10.7. The molecule has 0 aliphatic heterocycles. The van der Waals surface area contributed by atoms with Crippen LogP contribution in [0, 0.1) is 10.1 Å². The molecule has 0 aliphatic rings. The lowest BCUT2D eigenvalue weighted by atomic mass is 10.1. The van der Waals surface area contributed by atoms with E-state index in [0.29, 0.717) is 5.56 Å². The van der Waals surface area contributed by atoms with Gasteiger partial charge in [-0.3, -0.25) is 14.9 Å². The maximum absolute atomic E-state index is 10.8. The molecule has 0 unspecified atom stereocenters. The van der Waals surface area contributed by atoms with Gasteiger partial charge in [0.05, 0.1) is 24.0 Å². The van der Waals surface area contributed by atoms with Crippen LogP contribution in [0.2, 0.25) is 0 Å². The van der Waals surface area contributed by atoms with Crippen LogP contribution in [-0.2, 0) is 9.53 Å². The Kier molecular flexibility index (Phi) is 4.20. The van der Waals surface area contributed by atoms with Crippen molar-refractivity contribution >= 4 is 17.7 Å². The molecule has 5 heteroatoms. The number of carbonyl (C=O) groups excluding carboxylic acids is 1. The summed E-state index contributed by atoms with van der Waals surface area (Å²) in [7, 11) is 1.29. The largest absolute Gasteiger partial charge is 0.469 e. The number of rotatable bonds is 4. The summed E-state index contributed by atoms with van der Waals surface area (Å²) >= 11 is 0. The first-order chi connectivity index (χ1) is 7.65. The summed E-state index contributed by atoms with van der Waals surface area (Å²) < 4.78 is 4.44. The molecular formula is C11H11NO4. The van der Waals surface area contributed by atoms with Gasteiger partial charge in [0, 0.05) is 6.07 Å². The number of nitro groups is 1. The Morgan fingerprint density at radius 3 is 2.81 bits per heavy atom. The second-order valence-electron chi connectivity index (χ2n) is 3.00. The van der Waals surface area contributed by atoms with Gasteiger partial charge >= 0.3 is 5.97 Å². The highest BCUT2D eigenvalue weighted by Crippen LogP contribution is 2.18. The van der Waals surface area contributed by atoms with E-state index < -0.39 is 4.92 Å². The van der Waals surface area contributed by atoms with E-state index in [0.717, 1.165) is 0 Å². The third-order valence-electron chi connectivity index (χ3n) is 1.94. The van der Waals surface area contributed by atoms with E-state index in [1.54, 1.807) is 18.2 Å². The second-order valence-corrected chi connectivity index (χ2v) is 3.00. The van der Waals surface area contributed by atoms with Gasteiger partial charge in [0.15, 0.2) is 0 Å². The molecule has 1 aromatic rings. The van der Waals surface area contributed by atoms with Gasteiger partial charge in [0.2, 0.25) is 0 Å². The SMILES string of the molecule is COC(=O)C/C=C/c1ccccc1[N+](=O)[O-]. The average molecular weight is 221 g/mol. The van der Waals surface area contributed by atoms with Gasteiger partial charge in [-0.25, -0.2) is 0 Å². The topological polar surface area (TPSA) is 69.4 Å². The van der Waals surface area contributed by atoms with Crippen molar-refractivity contribution in [3.8, 4) is 0 Å². The van der Waals surface area contributed by atoms with Crippen LogP contribution in [0.4, 0.5) is 5.69 Å². The van der Waals surface area contributed by atoms with Gasteiger partial charge in [-0.05, 0) is 6.07 Å². The van der Waals surface area contributed by atoms with E-state index in [9.17, 15) is 14.9 Å². The van der Waals surface area contributed by atoms with E-state index in [1.807, 2.05) is 0 Å². The Balaban J connectivity index is 2.80. The van der Waals surface area contributed by atoms with Crippen molar-refractivity contribution in [2.24, 2.45) is 0 Å². The molecular weight excluding hydrogens is 210 g/mol. The fraction of sp³-hybridized carbons (Fsp3) is 0.182. The molecule has 84 valence electrons. The molecule has 0 aromatic heterocycles. The van der Waals surface area contributed by atoms with Crippen molar-refractivity contribution in [1.29, 1.82) is 0 Å². The molecule has 0 heterocycles. The maximum Gasteiger partial charge on any atom is 0.309 e. The maximum atomic E-state index is 10.8. The average Bonchev–Trinajstić information content (AvgIpc) is 2.29. The summed E-state index contributed by atoms with van der Waals surface area (Å²) in [6.07, 6.45) is 3.17. The molecule has 1 rings (SSSR count). The predicted octanol–water partition coefficient (Wildman–Crippen LogP) is 2.17. The molecule has 0 spiro atoms. The number of carbonyl (C=O) groups is 1. The zero-order valence-electron chi connectivity index (χ0n) is 8.75. The van der Waals surface area contributed by atoms with Gasteiger partial charge in [-0.1, -0.05) is 24.3 Å². The van der Waals surface area contributed by atoms with Gasteiger partial charge in [0.1, 0.15) is 0 Å². The predicted molar refractivity (Wildman–Crippen MR) is 58.8 cm³/mol. The Labute approximate surface area is 92.5 Å². The third-order valence-corrected chi connectivity index (χ3v) is 1.94. The minimum atomic E-state index is -0.461. The Hall–Kier alpha value is -2.17. The van der Waals surface area contributed by atoms with Crippen LogP contribution < -0.4 is 0 Å². The first kappa shape index (κ1) is 11.9. The lowest BCUT2D eigenvalue weighted by molar-refractivity contribution is -0.385. The molecule has 0 atom stereocenters. The molecule has 0 radical (unpaired) electrons. The fourth-order valence-corrected chi connectivity index (χ4v) is 1.16. The summed E-state index contributed by atoms with van der Waals surface area (Å²) in [5.41, 5.74) is 0.486. The molecule has 0 N–H and O–H groups in total. The number of nitrogens with zero attached hydrogens (tertiary/aromatic N) is 1. The molecule has 0 bridgehead atoms. The monoisotopic (exact) mass is 221 g/mol. The first-order valence-electron chi connectivity index (χ1n) is 4.62. The number of hydrogen-bond donors (Lipinski definition) is 0. The molecule has 1 aromatic carbocycles. The van der Waals surface area contributed by atoms with E-state index in [1.165, 1.54) is 25.3 Å². The lowest BCUT2D eigenvalue weighted by Gasteiger charge is -1.96. The number of benzene rings is 1. The highest BCUT2D eigenvalue weighted by molar-refractivity contribution is 5.73. The van der Waals surface area contributed by atoms with Crippen molar-refractivity contribution in [2.75, 3.05) is 7.11 Å². The van der Waals surface area contributed by atoms with Gasteiger partial charge in [-0.15, -0.1) is 0 Å². The highest BCUT2D eigenvalue weighted by atomic mass is 16.6. The number of ether oxygens (including phenoxy) is 1. The molecule has 0 amide bonds. The van der Waals surface area contributed by atoms with E-state index in [4.69, 9.17) is 0 Å². The van der Waals surface area contributed by atoms with Crippen LogP contribution in [0.3, 0.4) is 0 Å². The zero-order valence-corrected chi connectivity index (χ0v) is 8.75. The molecule has 16 heavy (non-hydrogen) atoms. The van der Waals surface area contributed by atoms with Gasteiger partial charge in [0.25, 0.3) is 5.69 Å².